The van der Waals surface area contributed by atoms with Crippen LogP contribution in [0.25, 0.3) is 0 Å². The van der Waals surface area contributed by atoms with Crippen molar-refractivity contribution in [1.29, 1.82) is 0 Å². The largest absolute Gasteiger partial charge is 0.392 e. The SMILES string of the molecule is CSc1ncc(CN(Cc2sccc2C)CC(C)O)cn1. The Labute approximate surface area is 134 Å². The van der Waals surface area contributed by atoms with E-state index < -0.39 is 0 Å². The van der Waals surface area contributed by atoms with E-state index in [1.165, 1.54) is 22.2 Å². The summed E-state index contributed by atoms with van der Waals surface area (Å²) in [6.45, 7) is 6.18. The smallest absolute Gasteiger partial charge is 0.187 e. The number of aryl methyl sites for hydroxylation is 1. The first-order valence-electron chi connectivity index (χ1n) is 6.86. The average molecular weight is 323 g/mol. The number of thioether (sulfide) groups is 1. The van der Waals surface area contributed by atoms with Gasteiger partial charge >= 0.3 is 0 Å². The van der Waals surface area contributed by atoms with E-state index in [9.17, 15) is 5.11 Å². The zero-order valence-corrected chi connectivity index (χ0v) is 14.2. The van der Waals surface area contributed by atoms with Crippen LogP contribution < -0.4 is 0 Å². The maximum Gasteiger partial charge on any atom is 0.187 e. The van der Waals surface area contributed by atoms with Crippen molar-refractivity contribution >= 4 is 23.1 Å². The molecule has 0 amide bonds. The Kier molecular flexibility index (Phi) is 6.17. The van der Waals surface area contributed by atoms with Gasteiger partial charge in [-0.25, -0.2) is 9.97 Å². The van der Waals surface area contributed by atoms with E-state index in [4.69, 9.17) is 0 Å². The summed E-state index contributed by atoms with van der Waals surface area (Å²) in [5.41, 5.74) is 2.38. The maximum absolute atomic E-state index is 9.71. The molecule has 2 heterocycles. The standard InChI is InChI=1S/C15H21N3OS2/c1-11-4-5-21-14(11)10-18(8-12(2)19)9-13-6-16-15(20-3)17-7-13/h4-7,12,19H,8-10H2,1-3H3. The summed E-state index contributed by atoms with van der Waals surface area (Å²) in [6, 6.07) is 2.14. The highest BCUT2D eigenvalue weighted by Gasteiger charge is 2.12. The Hall–Kier alpha value is -0.950. The third-order valence-electron chi connectivity index (χ3n) is 3.13. The van der Waals surface area contributed by atoms with Crippen molar-refractivity contribution in [2.24, 2.45) is 0 Å². The number of aliphatic hydroxyl groups excluding tert-OH is 1. The molecule has 114 valence electrons. The number of aliphatic hydroxyl groups is 1. The second-order valence-electron chi connectivity index (χ2n) is 5.12. The molecule has 0 saturated carbocycles. The fourth-order valence-corrected chi connectivity index (χ4v) is 3.38. The molecular formula is C15H21N3OS2. The number of rotatable bonds is 7. The van der Waals surface area contributed by atoms with Crippen molar-refractivity contribution in [3.05, 3.63) is 39.8 Å². The van der Waals surface area contributed by atoms with E-state index >= 15 is 0 Å². The molecule has 21 heavy (non-hydrogen) atoms. The minimum absolute atomic E-state index is 0.350. The summed E-state index contributed by atoms with van der Waals surface area (Å²) in [7, 11) is 0. The monoisotopic (exact) mass is 323 g/mol. The Balaban J connectivity index is 2.06. The molecule has 0 aliphatic heterocycles. The van der Waals surface area contributed by atoms with Crippen LogP contribution in [0.1, 0.15) is 22.9 Å². The van der Waals surface area contributed by atoms with Gasteiger partial charge in [-0.3, -0.25) is 4.90 Å². The Morgan fingerprint density at radius 2 is 2.05 bits per heavy atom. The molecule has 0 spiro atoms. The molecule has 1 atom stereocenters. The fraction of sp³-hybridized carbons (Fsp3) is 0.467. The van der Waals surface area contributed by atoms with Crippen LogP contribution in [0.4, 0.5) is 0 Å². The van der Waals surface area contributed by atoms with Crippen LogP contribution >= 0.6 is 23.1 Å². The van der Waals surface area contributed by atoms with E-state index in [2.05, 4.69) is 33.2 Å². The molecule has 2 aromatic rings. The Bertz CT molecular complexity index is 554. The van der Waals surface area contributed by atoms with Gasteiger partial charge in [-0.15, -0.1) is 11.3 Å². The number of aromatic nitrogens is 2. The lowest BCUT2D eigenvalue weighted by Gasteiger charge is -2.23. The van der Waals surface area contributed by atoms with E-state index in [1.54, 1.807) is 11.3 Å². The minimum atomic E-state index is -0.350. The van der Waals surface area contributed by atoms with Crippen LogP contribution in [0.5, 0.6) is 0 Å². The van der Waals surface area contributed by atoms with E-state index in [0.717, 1.165) is 23.8 Å². The van der Waals surface area contributed by atoms with Crippen LogP contribution in [0.15, 0.2) is 29.0 Å². The third kappa shape index (κ3) is 5.07. The van der Waals surface area contributed by atoms with Crippen LogP contribution in [-0.2, 0) is 13.1 Å². The predicted octanol–water partition coefficient (Wildman–Crippen LogP) is 2.95. The molecule has 0 aromatic carbocycles. The van der Waals surface area contributed by atoms with Gasteiger partial charge in [0.1, 0.15) is 0 Å². The zero-order valence-electron chi connectivity index (χ0n) is 12.6. The molecule has 0 aliphatic rings. The topological polar surface area (TPSA) is 49.2 Å². The molecule has 1 N–H and O–H groups in total. The Morgan fingerprint density at radius 3 is 2.57 bits per heavy atom. The lowest BCUT2D eigenvalue weighted by atomic mass is 10.2. The number of hydrogen-bond donors (Lipinski definition) is 1. The van der Waals surface area contributed by atoms with Crippen molar-refractivity contribution in [2.45, 2.75) is 38.2 Å². The average Bonchev–Trinajstić information content (AvgIpc) is 2.84. The first-order valence-corrected chi connectivity index (χ1v) is 8.97. The van der Waals surface area contributed by atoms with Gasteiger partial charge in [-0.2, -0.15) is 0 Å². The fourth-order valence-electron chi connectivity index (χ4n) is 2.12. The van der Waals surface area contributed by atoms with Crippen LogP contribution in [0.3, 0.4) is 0 Å². The summed E-state index contributed by atoms with van der Waals surface area (Å²) >= 11 is 3.30. The first-order chi connectivity index (χ1) is 10.1. The van der Waals surface area contributed by atoms with Gasteiger partial charge in [0.05, 0.1) is 6.10 Å². The molecule has 0 saturated heterocycles. The van der Waals surface area contributed by atoms with Crippen LogP contribution in [-0.4, -0.2) is 38.9 Å². The lowest BCUT2D eigenvalue weighted by Crippen LogP contribution is -2.30. The van der Waals surface area contributed by atoms with Gasteiger partial charge in [0.25, 0.3) is 0 Å². The van der Waals surface area contributed by atoms with Crippen LogP contribution in [0.2, 0.25) is 0 Å². The molecular weight excluding hydrogens is 302 g/mol. The minimum Gasteiger partial charge on any atom is -0.392 e. The number of nitrogens with zero attached hydrogens (tertiary/aromatic N) is 3. The molecule has 0 fully saturated rings. The molecule has 2 aromatic heterocycles. The van der Waals surface area contributed by atoms with E-state index in [-0.39, 0.29) is 6.10 Å². The lowest BCUT2D eigenvalue weighted by molar-refractivity contribution is 0.118. The summed E-state index contributed by atoms with van der Waals surface area (Å²) in [5, 5.41) is 12.6. The summed E-state index contributed by atoms with van der Waals surface area (Å²) in [6.07, 6.45) is 5.36. The summed E-state index contributed by atoms with van der Waals surface area (Å²) < 4.78 is 0. The van der Waals surface area contributed by atoms with Crippen LogP contribution in [0, 0.1) is 6.92 Å². The quantitative estimate of drug-likeness (QED) is 0.627. The van der Waals surface area contributed by atoms with Crippen molar-refractivity contribution < 1.29 is 5.11 Å². The molecule has 0 aliphatic carbocycles. The highest BCUT2D eigenvalue weighted by Crippen LogP contribution is 2.19. The number of hydrogen-bond acceptors (Lipinski definition) is 6. The van der Waals surface area contributed by atoms with Gasteiger partial charge < -0.3 is 5.11 Å². The first kappa shape index (κ1) is 16.4. The van der Waals surface area contributed by atoms with E-state index in [0.29, 0.717) is 6.54 Å². The van der Waals surface area contributed by atoms with Gasteiger partial charge in [-0.1, -0.05) is 11.8 Å². The predicted molar refractivity (Wildman–Crippen MR) is 88.7 cm³/mol. The van der Waals surface area contributed by atoms with Gasteiger partial charge in [0.2, 0.25) is 0 Å². The highest BCUT2D eigenvalue weighted by atomic mass is 32.2. The second-order valence-corrected chi connectivity index (χ2v) is 6.90. The second kappa shape index (κ2) is 7.89. The molecule has 2 rings (SSSR count). The Morgan fingerprint density at radius 1 is 1.33 bits per heavy atom. The van der Waals surface area contributed by atoms with Crippen molar-refractivity contribution in [3.63, 3.8) is 0 Å². The van der Waals surface area contributed by atoms with Gasteiger partial charge in [-0.05, 0) is 37.1 Å². The van der Waals surface area contributed by atoms with Crippen molar-refractivity contribution in [2.75, 3.05) is 12.8 Å². The zero-order chi connectivity index (χ0) is 15.2. The molecule has 0 radical (unpaired) electrons. The van der Waals surface area contributed by atoms with E-state index in [1.807, 2.05) is 25.6 Å². The van der Waals surface area contributed by atoms with Gasteiger partial charge in [0, 0.05) is 42.5 Å². The molecule has 4 nitrogen and oxygen atoms in total. The summed E-state index contributed by atoms with van der Waals surface area (Å²) in [5.74, 6) is 0. The third-order valence-corrected chi connectivity index (χ3v) is 4.71. The number of thiophene rings is 1. The highest BCUT2D eigenvalue weighted by molar-refractivity contribution is 7.98. The molecule has 0 bridgehead atoms. The van der Waals surface area contributed by atoms with Crippen molar-refractivity contribution in [1.82, 2.24) is 14.9 Å². The molecule has 6 heteroatoms. The van der Waals surface area contributed by atoms with Crippen molar-refractivity contribution in [3.8, 4) is 0 Å². The molecule has 1 unspecified atom stereocenters. The summed E-state index contributed by atoms with van der Waals surface area (Å²) in [4.78, 5) is 12.2. The normalized spacial score (nSPS) is 12.8. The maximum atomic E-state index is 9.71. The van der Waals surface area contributed by atoms with Gasteiger partial charge in [0.15, 0.2) is 5.16 Å².